The normalized spacial score (nSPS) is 11.7. The van der Waals surface area contributed by atoms with Crippen molar-refractivity contribution < 1.29 is 24.5 Å². The van der Waals surface area contributed by atoms with E-state index in [9.17, 15) is 9.59 Å². The number of hydrogen-bond acceptors (Lipinski definition) is 5. The van der Waals surface area contributed by atoms with E-state index in [-0.39, 0.29) is 5.91 Å². The molecule has 0 bridgehead atoms. The molecule has 1 atom stereocenters. The summed E-state index contributed by atoms with van der Waals surface area (Å²) in [6.45, 7) is 6.28. The molecule has 0 aromatic carbocycles. The number of carboxylic acids is 1. The van der Waals surface area contributed by atoms with Gasteiger partial charge in [-0.15, -0.1) is 0 Å². The Morgan fingerprint density at radius 3 is 1.33 bits per heavy atom. The predicted octanol–water partition coefficient (Wildman–Crippen LogP) is 7.34. The van der Waals surface area contributed by atoms with Gasteiger partial charge in [-0.05, 0) is 33.9 Å². The van der Waals surface area contributed by atoms with Gasteiger partial charge < -0.3 is 25.2 Å². The van der Waals surface area contributed by atoms with E-state index in [0.717, 1.165) is 19.6 Å². The van der Waals surface area contributed by atoms with Gasteiger partial charge in [0.25, 0.3) is 0 Å². The van der Waals surface area contributed by atoms with Crippen molar-refractivity contribution in [3.05, 3.63) is 0 Å². The number of rotatable bonds is 28. The summed E-state index contributed by atoms with van der Waals surface area (Å²) in [6.07, 6.45) is 28.0. The average Bonchev–Trinajstić information content (AvgIpc) is 2.88. The Labute approximate surface area is 241 Å². The maximum absolute atomic E-state index is 11.5. The number of ether oxygens (including phenoxy) is 1. The zero-order chi connectivity index (χ0) is 29.4. The number of carboxylic acid groups (broad SMARTS) is 1. The first-order chi connectivity index (χ1) is 18.8. The lowest BCUT2D eigenvalue weighted by Gasteiger charge is -2.10. The van der Waals surface area contributed by atoms with Gasteiger partial charge in [-0.25, -0.2) is 4.79 Å². The lowest BCUT2D eigenvalue weighted by molar-refractivity contribution is -0.145. The topological polar surface area (TPSA) is 99.1 Å². The number of aliphatic carboxylic acids is 1. The van der Waals surface area contributed by atoms with Crippen molar-refractivity contribution in [1.82, 2.24) is 10.2 Å². The second kappa shape index (κ2) is 33.0. The molecule has 0 rings (SSSR count). The van der Waals surface area contributed by atoms with Gasteiger partial charge in [-0.2, -0.15) is 0 Å². The number of carbonyl (C=O) groups excluding carboxylic acids is 1. The Morgan fingerprint density at radius 1 is 0.667 bits per heavy atom. The van der Waals surface area contributed by atoms with E-state index in [1.165, 1.54) is 135 Å². The average molecular weight is 559 g/mol. The number of nitrogens with one attached hydrogen (secondary N) is 1. The fourth-order valence-corrected chi connectivity index (χ4v) is 4.31. The molecule has 1 unspecified atom stereocenters. The number of nitrogens with zero attached hydrogens (tertiary/aromatic N) is 1. The monoisotopic (exact) mass is 558 g/mol. The lowest BCUT2D eigenvalue weighted by atomic mass is 10.0. The van der Waals surface area contributed by atoms with Gasteiger partial charge in [0.2, 0.25) is 5.91 Å². The maximum Gasteiger partial charge on any atom is 0.332 e. The van der Waals surface area contributed by atoms with E-state index in [1.807, 2.05) is 19.0 Å². The minimum atomic E-state index is -1.23. The van der Waals surface area contributed by atoms with E-state index >= 15 is 0 Å². The van der Waals surface area contributed by atoms with Gasteiger partial charge in [0, 0.05) is 19.8 Å². The van der Waals surface area contributed by atoms with Crippen LogP contribution in [0.15, 0.2) is 0 Å². The van der Waals surface area contributed by atoms with Crippen LogP contribution in [-0.2, 0) is 14.3 Å². The van der Waals surface area contributed by atoms with E-state index in [4.69, 9.17) is 14.9 Å². The highest BCUT2D eigenvalue weighted by molar-refractivity contribution is 5.77. The molecule has 0 saturated carbocycles. The van der Waals surface area contributed by atoms with Crippen molar-refractivity contribution in [3.63, 3.8) is 0 Å². The first-order valence-corrected chi connectivity index (χ1v) is 16.2. The highest BCUT2D eigenvalue weighted by Crippen LogP contribution is 2.14. The number of carbonyl (C=O) groups is 2. The number of unbranched alkanes of at least 4 members (excludes halogenated alkanes) is 19. The smallest absolute Gasteiger partial charge is 0.332 e. The summed E-state index contributed by atoms with van der Waals surface area (Å²) >= 11 is 0. The quantitative estimate of drug-likeness (QED) is 0.0869. The van der Waals surface area contributed by atoms with Crippen LogP contribution in [0.1, 0.15) is 149 Å². The van der Waals surface area contributed by atoms with Gasteiger partial charge in [0.15, 0.2) is 0 Å². The molecule has 0 aromatic heterocycles. The van der Waals surface area contributed by atoms with Crippen LogP contribution >= 0.6 is 0 Å². The first-order valence-electron chi connectivity index (χ1n) is 16.2. The van der Waals surface area contributed by atoms with Crippen LogP contribution in [0.25, 0.3) is 0 Å². The number of hydrogen-bond donors (Lipinski definition) is 3. The van der Waals surface area contributed by atoms with Gasteiger partial charge >= 0.3 is 5.97 Å². The maximum atomic E-state index is 11.5. The Balaban J connectivity index is 0. The Kier molecular flexibility index (Phi) is 33.8. The number of aliphatic hydroxyl groups is 1. The van der Waals surface area contributed by atoms with Gasteiger partial charge in [-0.1, -0.05) is 129 Å². The fourth-order valence-electron chi connectivity index (χ4n) is 4.31. The van der Waals surface area contributed by atoms with Crippen molar-refractivity contribution in [1.29, 1.82) is 0 Å². The molecule has 39 heavy (non-hydrogen) atoms. The van der Waals surface area contributed by atoms with Crippen LogP contribution in [0.3, 0.4) is 0 Å². The molecule has 7 heteroatoms. The van der Waals surface area contributed by atoms with E-state index in [0.29, 0.717) is 13.1 Å². The van der Waals surface area contributed by atoms with Crippen molar-refractivity contribution >= 4 is 11.9 Å². The molecule has 0 heterocycles. The number of aliphatic hydroxyl groups excluding tert-OH is 1. The molecule has 1 amide bonds. The zero-order valence-electron chi connectivity index (χ0n) is 26.3. The standard InChI is InChI=1S/C29H60N2O2.C3H6O3/c1-4-5-6-7-8-9-10-11-12-13-14-15-16-17-18-19-20-21-22-23-26-33-27-24-25-30-29(32)28-31(2)3;1-2(4)3(5)6/h4-28H2,1-3H3,(H,30,32);2,4H,1H3,(H,5,6). The lowest BCUT2D eigenvalue weighted by Crippen LogP contribution is -2.34. The highest BCUT2D eigenvalue weighted by Gasteiger charge is 2.02. The van der Waals surface area contributed by atoms with Crippen molar-refractivity contribution in [3.8, 4) is 0 Å². The molecule has 3 N–H and O–H groups in total. The minimum Gasteiger partial charge on any atom is -0.479 e. The van der Waals surface area contributed by atoms with Crippen molar-refractivity contribution in [2.24, 2.45) is 0 Å². The Bertz CT molecular complexity index is 515. The summed E-state index contributed by atoms with van der Waals surface area (Å²) in [4.78, 5) is 22.8. The van der Waals surface area contributed by atoms with E-state index < -0.39 is 12.1 Å². The number of likely N-dealkylation sites (N-methyl/N-ethyl adjacent to an activating group) is 1. The summed E-state index contributed by atoms with van der Waals surface area (Å²) in [5.74, 6) is -1.09. The summed E-state index contributed by atoms with van der Waals surface area (Å²) in [7, 11) is 3.81. The second-order valence-corrected chi connectivity index (χ2v) is 11.3. The highest BCUT2D eigenvalue weighted by atomic mass is 16.5. The molecule has 0 aromatic rings. The summed E-state index contributed by atoms with van der Waals surface area (Å²) in [5.41, 5.74) is 0. The molecular weight excluding hydrogens is 492 g/mol. The molecule has 7 nitrogen and oxygen atoms in total. The molecule has 0 radical (unpaired) electrons. The van der Waals surface area contributed by atoms with E-state index in [1.54, 1.807) is 0 Å². The van der Waals surface area contributed by atoms with E-state index in [2.05, 4.69) is 12.2 Å². The summed E-state index contributed by atoms with van der Waals surface area (Å²) < 4.78 is 5.67. The molecule has 234 valence electrons. The van der Waals surface area contributed by atoms with Crippen molar-refractivity contribution in [2.45, 2.75) is 155 Å². The molecule has 0 spiro atoms. The molecule has 0 saturated heterocycles. The Morgan fingerprint density at radius 2 is 1.00 bits per heavy atom. The largest absolute Gasteiger partial charge is 0.479 e. The molecule has 0 aliphatic rings. The SMILES string of the molecule is CC(O)C(=O)O.CCCCCCCCCCCCCCCCCCCCCCOCCCNC(=O)CN(C)C. The van der Waals surface area contributed by atoms with Crippen LogP contribution in [-0.4, -0.2) is 73.5 Å². The van der Waals surface area contributed by atoms with Crippen LogP contribution in [0.4, 0.5) is 0 Å². The fraction of sp³-hybridized carbons (Fsp3) is 0.938. The van der Waals surface area contributed by atoms with Crippen LogP contribution in [0, 0.1) is 0 Å². The zero-order valence-corrected chi connectivity index (χ0v) is 26.3. The predicted molar refractivity (Wildman–Crippen MR) is 164 cm³/mol. The van der Waals surface area contributed by atoms with Crippen molar-refractivity contribution in [2.75, 3.05) is 40.4 Å². The van der Waals surface area contributed by atoms with Gasteiger partial charge in [-0.3, -0.25) is 4.79 Å². The summed E-state index contributed by atoms with van der Waals surface area (Å²) in [6, 6.07) is 0. The third-order valence-electron chi connectivity index (χ3n) is 6.75. The van der Waals surface area contributed by atoms with Gasteiger partial charge in [0.1, 0.15) is 6.10 Å². The first kappa shape index (κ1) is 40.0. The number of amides is 1. The van der Waals surface area contributed by atoms with Crippen LogP contribution < -0.4 is 5.32 Å². The Hall–Kier alpha value is -1.18. The molecular formula is C32H66N2O5. The molecule has 0 aliphatic carbocycles. The molecule has 0 fully saturated rings. The van der Waals surface area contributed by atoms with Crippen LogP contribution in [0.5, 0.6) is 0 Å². The summed E-state index contributed by atoms with van der Waals surface area (Å²) in [5, 5.41) is 18.7. The third kappa shape index (κ3) is 39.0. The van der Waals surface area contributed by atoms with Crippen LogP contribution in [0.2, 0.25) is 0 Å². The van der Waals surface area contributed by atoms with Gasteiger partial charge in [0.05, 0.1) is 6.54 Å². The minimum absolute atomic E-state index is 0.0917. The second-order valence-electron chi connectivity index (χ2n) is 11.3. The third-order valence-corrected chi connectivity index (χ3v) is 6.75. The molecule has 0 aliphatic heterocycles.